The molecule has 3 heteroatoms. The maximum absolute atomic E-state index is 11.5. The van der Waals surface area contributed by atoms with Crippen molar-refractivity contribution in [3.05, 3.63) is 18.4 Å². The molecule has 1 aromatic rings. The van der Waals surface area contributed by atoms with Crippen molar-refractivity contribution in [1.82, 2.24) is 0 Å². The van der Waals surface area contributed by atoms with Crippen molar-refractivity contribution in [3.8, 4) is 5.95 Å². The third-order valence-electron chi connectivity index (χ3n) is 1.92. The van der Waals surface area contributed by atoms with Crippen molar-refractivity contribution in [3.63, 3.8) is 0 Å². The molecule has 1 unspecified atom stereocenters. The fraction of sp³-hybridized carbons (Fsp3) is 0.545. The number of hydrogen-bond acceptors (Lipinski definition) is 3. The van der Waals surface area contributed by atoms with E-state index in [2.05, 4.69) is 13.8 Å². The molecule has 0 aliphatic heterocycles. The number of hydrogen-bond donors (Lipinski definition) is 0. The fourth-order valence-corrected chi connectivity index (χ4v) is 1.32. The molecule has 0 bridgehead atoms. The minimum atomic E-state index is -0.228. The number of furan rings is 1. The van der Waals surface area contributed by atoms with Gasteiger partial charge in [0.1, 0.15) is 0 Å². The lowest BCUT2D eigenvalue weighted by Crippen LogP contribution is -2.19. The van der Waals surface area contributed by atoms with Crippen LogP contribution in [0.4, 0.5) is 0 Å². The monoisotopic (exact) mass is 196 g/mol. The highest BCUT2D eigenvalue weighted by Crippen LogP contribution is 2.16. The van der Waals surface area contributed by atoms with Crippen LogP contribution in [-0.2, 0) is 4.79 Å². The summed E-state index contributed by atoms with van der Waals surface area (Å²) in [5.41, 5.74) is 0. The van der Waals surface area contributed by atoms with Crippen LogP contribution >= 0.6 is 0 Å². The molecule has 1 heterocycles. The van der Waals surface area contributed by atoms with E-state index >= 15 is 0 Å². The Morgan fingerprint density at radius 2 is 2.21 bits per heavy atom. The SMILES string of the molecule is CC(C)CC(C)C(=O)Oc1ccco1. The molecule has 0 amide bonds. The second kappa shape index (κ2) is 4.84. The van der Waals surface area contributed by atoms with Gasteiger partial charge in [0.2, 0.25) is 0 Å². The van der Waals surface area contributed by atoms with Crippen molar-refractivity contribution in [2.75, 3.05) is 0 Å². The van der Waals surface area contributed by atoms with Crippen LogP contribution in [0.2, 0.25) is 0 Å². The molecular weight excluding hydrogens is 180 g/mol. The molecule has 0 N–H and O–H groups in total. The molecule has 0 fully saturated rings. The number of carbonyl (C=O) groups is 1. The van der Waals surface area contributed by atoms with Crippen LogP contribution in [0.5, 0.6) is 5.95 Å². The average Bonchev–Trinajstić information content (AvgIpc) is 2.55. The van der Waals surface area contributed by atoms with Gasteiger partial charge < -0.3 is 9.15 Å². The van der Waals surface area contributed by atoms with E-state index < -0.39 is 0 Å². The minimum absolute atomic E-state index is 0.0832. The predicted octanol–water partition coefficient (Wildman–Crippen LogP) is 2.87. The van der Waals surface area contributed by atoms with Crippen molar-refractivity contribution >= 4 is 5.97 Å². The second-order valence-corrected chi connectivity index (χ2v) is 3.88. The summed E-state index contributed by atoms with van der Waals surface area (Å²) in [4.78, 5) is 11.5. The normalized spacial score (nSPS) is 12.9. The lowest BCUT2D eigenvalue weighted by atomic mass is 9.99. The van der Waals surface area contributed by atoms with Crippen molar-refractivity contribution in [2.45, 2.75) is 27.2 Å². The molecule has 14 heavy (non-hydrogen) atoms. The van der Waals surface area contributed by atoms with Gasteiger partial charge in [0.05, 0.1) is 12.2 Å². The first-order valence-corrected chi connectivity index (χ1v) is 4.84. The first kappa shape index (κ1) is 10.8. The number of esters is 1. The number of rotatable bonds is 4. The molecular formula is C11H16O3. The molecule has 0 saturated heterocycles. The highest BCUT2D eigenvalue weighted by molar-refractivity contribution is 5.74. The Hall–Kier alpha value is -1.25. The van der Waals surface area contributed by atoms with E-state index in [4.69, 9.17) is 9.15 Å². The Kier molecular flexibility index (Phi) is 3.74. The minimum Gasteiger partial charge on any atom is -0.434 e. The standard InChI is InChI=1S/C11H16O3/c1-8(2)7-9(3)11(12)14-10-5-4-6-13-10/h4-6,8-9H,7H2,1-3H3. The van der Waals surface area contributed by atoms with Gasteiger partial charge in [0.15, 0.2) is 0 Å². The first-order chi connectivity index (χ1) is 6.59. The summed E-state index contributed by atoms with van der Waals surface area (Å²) >= 11 is 0. The van der Waals surface area contributed by atoms with E-state index in [9.17, 15) is 4.79 Å². The van der Waals surface area contributed by atoms with E-state index in [-0.39, 0.29) is 17.8 Å². The van der Waals surface area contributed by atoms with Crippen LogP contribution in [0.25, 0.3) is 0 Å². The van der Waals surface area contributed by atoms with E-state index in [1.807, 2.05) is 6.92 Å². The van der Waals surface area contributed by atoms with Crippen molar-refractivity contribution in [1.29, 1.82) is 0 Å². The number of carbonyl (C=O) groups excluding carboxylic acids is 1. The zero-order valence-corrected chi connectivity index (χ0v) is 8.82. The summed E-state index contributed by atoms with van der Waals surface area (Å²) in [6, 6.07) is 3.32. The quantitative estimate of drug-likeness (QED) is 0.695. The summed E-state index contributed by atoms with van der Waals surface area (Å²) in [6.45, 7) is 6.03. The van der Waals surface area contributed by atoms with Gasteiger partial charge in [-0.25, -0.2) is 0 Å². The molecule has 0 aliphatic rings. The largest absolute Gasteiger partial charge is 0.434 e. The van der Waals surface area contributed by atoms with Crippen molar-refractivity contribution in [2.24, 2.45) is 11.8 Å². The van der Waals surface area contributed by atoms with E-state index in [0.29, 0.717) is 5.92 Å². The fourth-order valence-electron chi connectivity index (χ4n) is 1.32. The van der Waals surface area contributed by atoms with E-state index in [1.54, 1.807) is 12.1 Å². The Bertz CT molecular complexity index is 275. The summed E-state index contributed by atoms with van der Waals surface area (Å²) < 4.78 is 9.93. The molecule has 0 aromatic carbocycles. The maximum atomic E-state index is 11.5. The summed E-state index contributed by atoms with van der Waals surface area (Å²) in [6.07, 6.45) is 2.31. The smallest absolute Gasteiger partial charge is 0.316 e. The molecule has 1 aromatic heterocycles. The van der Waals surface area contributed by atoms with Gasteiger partial charge in [-0.3, -0.25) is 4.79 Å². The van der Waals surface area contributed by atoms with Gasteiger partial charge in [-0.2, -0.15) is 0 Å². The van der Waals surface area contributed by atoms with Crippen molar-refractivity contribution < 1.29 is 13.9 Å². The summed E-state index contributed by atoms with van der Waals surface area (Å²) in [5.74, 6) is 0.452. The average molecular weight is 196 g/mol. The zero-order chi connectivity index (χ0) is 10.6. The van der Waals surface area contributed by atoms with E-state index in [1.165, 1.54) is 6.26 Å². The van der Waals surface area contributed by atoms with Crippen LogP contribution in [0.1, 0.15) is 27.2 Å². The Morgan fingerprint density at radius 3 is 2.71 bits per heavy atom. The highest BCUT2D eigenvalue weighted by atomic mass is 16.6. The Morgan fingerprint density at radius 1 is 1.50 bits per heavy atom. The molecule has 0 spiro atoms. The second-order valence-electron chi connectivity index (χ2n) is 3.88. The lowest BCUT2D eigenvalue weighted by Gasteiger charge is -2.11. The molecule has 0 saturated carbocycles. The third-order valence-corrected chi connectivity index (χ3v) is 1.92. The van der Waals surface area contributed by atoms with Gasteiger partial charge in [-0.05, 0) is 18.4 Å². The summed E-state index contributed by atoms with van der Waals surface area (Å²) in [5, 5.41) is 0. The third kappa shape index (κ3) is 3.24. The van der Waals surface area contributed by atoms with Gasteiger partial charge in [0.25, 0.3) is 5.95 Å². The molecule has 0 aliphatic carbocycles. The van der Waals surface area contributed by atoms with Gasteiger partial charge in [-0.1, -0.05) is 20.8 Å². The van der Waals surface area contributed by atoms with Crippen LogP contribution in [0.3, 0.4) is 0 Å². The molecule has 1 rings (SSSR count). The lowest BCUT2D eigenvalue weighted by molar-refractivity contribution is -0.140. The zero-order valence-electron chi connectivity index (χ0n) is 8.82. The molecule has 3 nitrogen and oxygen atoms in total. The molecule has 0 radical (unpaired) electrons. The van der Waals surface area contributed by atoms with Crippen LogP contribution in [-0.4, -0.2) is 5.97 Å². The van der Waals surface area contributed by atoms with Gasteiger partial charge >= 0.3 is 5.97 Å². The Balaban J connectivity index is 2.42. The van der Waals surface area contributed by atoms with Crippen LogP contribution in [0, 0.1) is 11.8 Å². The maximum Gasteiger partial charge on any atom is 0.316 e. The number of ether oxygens (including phenoxy) is 1. The predicted molar refractivity (Wildman–Crippen MR) is 53.0 cm³/mol. The topological polar surface area (TPSA) is 39.4 Å². The Labute approximate surface area is 84.1 Å². The molecule has 78 valence electrons. The first-order valence-electron chi connectivity index (χ1n) is 4.84. The molecule has 1 atom stereocenters. The van der Waals surface area contributed by atoms with Gasteiger partial charge in [-0.15, -0.1) is 0 Å². The highest BCUT2D eigenvalue weighted by Gasteiger charge is 2.17. The van der Waals surface area contributed by atoms with Crippen LogP contribution < -0.4 is 4.74 Å². The van der Waals surface area contributed by atoms with Gasteiger partial charge in [0, 0.05) is 6.07 Å². The van der Waals surface area contributed by atoms with E-state index in [0.717, 1.165) is 6.42 Å². The summed E-state index contributed by atoms with van der Waals surface area (Å²) in [7, 11) is 0. The van der Waals surface area contributed by atoms with Crippen LogP contribution in [0.15, 0.2) is 22.8 Å².